The zero-order valence-electron chi connectivity index (χ0n) is 12.8. The maximum Gasteiger partial charge on any atom is 0.222 e. The molecule has 22 heavy (non-hydrogen) atoms. The van der Waals surface area contributed by atoms with Crippen LogP contribution in [-0.2, 0) is 14.6 Å². The van der Waals surface area contributed by atoms with E-state index in [4.69, 9.17) is 0 Å². The van der Waals surface area contributed by atoms with E-state index in [-0.39, 0.29) is 53.9 Å². The van der Waals surface area contributed by atoms with Gasteiger partial charge in [0, 0.05) is 25.6 Å². The van der Waals surface area contributed by atoms with Crippen molar-refractivity contribution in [3.8, 4) is 0 Å². The highest BCUT2D eigenvalue weighted by Gasteiger charge is 2.28. The van der Waals surface area contributed by atoms with Gasteiger partial charge in [-0.05, 0) is 13.3 Å². The standard InChI is InChI=1S/C13H24N4O3S.HI/c1-3-7-15-13(14-4-2)16-8-5-12(18)17-11-6-9-21(19,20)10-11;/h3,11H,1,4-10H2,2H3,(H,17,18)(H2,14,15,16);1H. The van der Waals surface area contributed by atoms with Crippen LogP contribution in [0.4, 0.5) is 0 Å². The van der Waals surface area contributed by atoms with Crippen LogP contribution >= 0.6 is 24.0 Å². The van der Waals surface area contributed by atoms with Gasteiger partial charge in [-0.3, -0.25) is 9.79 Å². The topological polar surface area (TPSA) is 99.7 Å². The van der Waals surface area contributed by atoms with Crippen LogP contribution in [0.2, 0.25) is 0 Å². The highest BCUT2D eigenvalue weighted by atomic mass is 127. The van der Waals surface area contributed by atoms with Gasteiger partial charge < -0.3 is 16.0 Å². The van der Waals surface area contributed by atoms with E-state index >= 15 is 0 Å². The highest BCUT2D eigenvalue weighted by Crippen LogP contribution is 2.11. The van der Waals surface area contributed by atoms with Gasteiger partial charge in [0.15, 0.2) is 15.8 Å². The summed E-state index contributed by atoms with van der Waals surface area (Å²) in [7, 11) is -2.96. The molecule has 0 aromatic carbocycles. The molecule has 0 aromatic heterocycles. The first kappa shape index (κ1) is 21.2. The van der Waals surface area contributed by atoms with E-state index in [9.17, 15) is 13.2 Å². The molecule has 9 heteroatoms. The first-order chi connectivity index (χ1) is 9.96. The van der Waals surface area contributed by atoms with Crippen LogP contribution in [0.5, 0.6) is 0 Å². The third-order valence-corrected chi connectivity index (χ3v) is 4.73. The molecule has 1 saturated heterocycles. The number of aliphatic imine (C=N–C) groups is 1. The summed E-state index contributed by atoms with van der Waals surface area (Å²) in [5.74, 6) is 0.673. The number of nitrogens with one attached hydrogen (secondary N) is 3. The van der Waals surface area contributed by atoms with Gasteiger partial charge in [0.2, 0.25) is 5.91 Å². The Hall–Kier alpha value is -0.840. The number of hydrogen-bond acceptors (Lipinski definition) is 4. The molecule has 1 rings (SSSR count). The second-order valence-electron chi connectivity index (χ2n) is 4.85. The summed E-state index contributed by atoms with van der Waals surface area (Å²) in [5.41, 5.74) is 0. The first-order valence-electron chi connectivity index (χ1n) is 7.09. The van der Waals surface area contributed by atoms with E-state index in [0.717, 1.165) is 6.54 Å². The molecule has 0 spiro atoms. The fourth-order valence-electron chi connectivity index (χ4n) is 1.99. The van der Waals surface area contributed by atoms with Crippen LogP contribution in [0.25, 0.3) is 0 Å². The van der Waals surface area contributed by atoms with Crippen molar-refractivity contribution in [2.75, 3.05) is 31.1 Å². The molecule has 1 fully saturated rings. The SMILES string of the molecule is C=CCNC(=NCCC(=O)NC1CCS(=O)(=O)C1)NCC.I. The number of hydrogen-bond donors (Lipinski definition) is 3. The van der Waals surface area contributed by atoms with Crippen molar-refractivity contribution in [1.82, 2.24) is 16.0 Å². The van der Waals surface area contributed by atoms with Gasteiger partial charge in [-0.25, -0.2) is 8.42 Å². The smallest absolute Gasteiger partial charge is 0.222 e. The van der Waals surface area contributed by atoms with Crippen molar-refractivity contribution in [3.63, 3.8) is 0 Å². The minimum absolute atomic E-state index is 0. The van der Waals surface area contributed by atoms with E-state index < -0.39 is 9.84 Å². The number of sulfone groups is 1. The zero-order valence-corrected chi connectivity index (χ0v) is 15.9. The van der Waals surface area contributed by atoms with Gasteiger partial charge in [0.05, 0.1) is 18.1 Å². The van der Waals surface area contributed by atoms with Crippen molar-refractivity contribution in [3.05, 3.63) is 12.7 Å². The molecule has 1 amide bonds. The Kier molecular flexibility index (Phi) is 10.4. The predicted molar refractivity (Wildman–Crippen MR) is 99.4 cm³/mol. The van der Waals surface area contributed by atoms with Crippen molar-refractivity contribution < 1.29 is 13.2 Å². The monoisotopic (exact) mass is 444 g/mol. The molecule has 0 aromatic rings. The lowest BCUT2D eigenvalue weighted by Gasteiger charge is -2.11. The second kappa shape index (κ2) is 10.8. The summed E-state index contributed by atoms with van der Waals surface area (Å²) in [6.45, 7) is 7.24. The number of halogens is 1. The fourth-order valence-corrected chi connectivity index (χ4v) is 3.66. The van der Waals surface area contributed by atoms with Crippen molar-refractivity contribution in [1.29, 1.82) is 0 Å². The number of carbonyl (C=O) groups is 1. The summed E-state index contributed by atoms with van der Waals surface area (Å²) < 4.78 is 22.6. The van der Waals surface area contributed by atoms with Gasteiger partial charge >= 0.3 is 0 Å². The molecule has 0 radical (unpaired) electrons. The number of nitrogens with zero attached hydrogens (tertiary/aromatic N) is 1. The Bertz CT molecular complexity index is 494. The lowest BCUT2D eigenvalue weighted by atomic mass is 10.2. The Balaban J connectivity index is 0.00000441. The summed E-state index contributed by atoms with van der Waals surface area (Å²) in [6, 6.07) is -0.251. The average molecular weight is 444 g/mol. The molecule has 1 aliphatic rings. The number of guanidine groups is 1. The normalized spacial score (nSPS) is 19.9. The molecule has 3 N–H and O–H groups in total. The molecule has 7 nitrogen and oxygen atoms in total. The number of rotatable bonds is 7. The average Bonchev–Trinajstić information content (AvgIpc) is 2.75. The third kappa shape index (κ3) is 8.57. The number of carbonyl (C=O) groups excluding carboxylic acids is 1. The van der Waals surface area contributed by atoms with Crippen LogP contribution in [0.1, 0.15) is 19.8 Å². The van der Waals surface area contributed by atoms with Crippen LogP contribution in [-0.4, -0.2) is 57.5 Å². The lowest BCUT2D eigenvalue weighted by molar-refractivity contribution is -0.121. The van der Waals surface area contributed by atoms with Gasteiger partial charge in [0.25, 0.3) is 0 Å². The van der Waals surface area contributed by atoms with Crippen LogP contribution in [0, 0.1) is 0 Å². The molecule has 1 atom stereocenters. The molecule has 1 unspecified atom stereocenters. The number of amides is 1. The van der Waals surface area contributed by atoms with E-state index in [2.05, 4.69) is 27.5 Å². The van der Waals surface area contributed by atoms with E-state index in [1.807, 2.05) is 6.92 Å². The van der Waals surface area contributed by atoms with Crippen molar-refractivity contribution >= 4 is 45.7 Å². The zero-order chi connectivity index (χ0) is 15.7. The third-order valence-electron chi connectivity index (χ3n) is 2.96. The Labute approximate surface area is 149 Å². The van der Waals surface area contributed by atoms with Crippen molar-refractivity contribution in [2.24, 2.45) is 4.99 Å². The van der Waals surface area contributed by atoms with E-state index in [1.54, 1.807) is 6.08 Å². The summed E-state index contributed by atoms with van der Waals surface area (Å²) in [6.07, 6.45) is 2.46. The summed E-state index contributed by atoms with van der Waals surface area (Å²) >= 11 is 0. The fraction of sp³-hybridized carbons (Fsp3) is 0.692. The largest absolute Gasteiger partial charge is 0.357 e. The molecule has 1 aliphatic heterocycles. The van der Waals surface area contributed by atoms with Gasteiger partial charge in [-0.2, -0.15) is 0 Å². The highest BCUT2D eigenvalue weighted by molar-refractivity contribution is 14.0. The summed E-state index contributed by atoms with van der Waals surface area (Å²) in [5, 5.41) is 8.83. The maximum atomic E-state index is 11.7. The van der Waals surface area contributed by atoms with E-state index in [0.29, 0.717) is 25.5 Å². The van der Waals surface area contributed by atoms with Crippen LogP contribution in [0.3, 0.4) is 0 Å². The van der Waals surface area contributed by atoms with E-state index in [1.165, 1.54) is 0 Å². The minimum Gasteiger partial charge on any atom is -0.357 e. The predicted octanol–water partition coefficient (Wildman–Crippen LogP) is 0.0389. The molecular formula is C13H25IN4O3S. The molecule has 0 aliphatic carbocycles. The van der Waals surface area contributed by atoms with Crippen molar-refractivity contribution in [2.45, 2.75) is 25.8 Å². The summed E-state index contributed by atoms with van der Waals surface area (Å²) in [4.78, 5) is 16.0. The minimum atomic E-state index is -2.96. The Morgan fingerprint density at radius 2 is 2.14 bits per heavy atom. The van der Waals surface area contributed by atoms with Crippen LogP contribution in [0.15, 0.2) is 17.6 Å². The second-order valence-corrected chi connectivity index (χ2v) is 7.08. The van der Waals surface area contributed by atoms with Gasteiger partial charge in [0.1, 0.15) is 0 Å². The molecule has 0 bridgehead atoms. The van der Waals surface area contributed by atoms with Crippen LogP contribution < -0.4 is 16.0 Å². The lowest BCUT2D eigenvalue weighted by Crippen LogP contribution is -2.38. The van der Waals surface area contributed by atoms with Gasteiger partial charge in [-0.1, -0.05) is 6.08 Å². The maximum absolute atomic E-state index is 11.7. The Morgan fingerprint density at radius 1 is 1.41 bits per heavy atom. The first-order valence-corrected chi connectivity index (χ1v) is 8.92. The molecule has 0 saturated carbocycles. The van der Waals surface area contributed by atoms with Gasteiger partial charge in [-0.15, -0.1) is 30.6 Å². The molecule has 128 valence electrons. The molecule has 1 heterocycles. The quantitative estimate of drug-likeness (QED) is 0.223. The molecular weight excluding hydrogens is 419 g/mol. The Morgan fingerprint density at radius 3 is 2.68 bits per heavy atom.